The number of ether oxygens (including phenoxy) is 5. The first kappa shape index (κ1) is 26.5. The molecular weight excluding hydrogens is 482 g/mol. The molecule has 3 rings (SSSR count). The number of carbonyl (C=O) groups excluding carboxylic acids is 1. The molecule has 0 aliphatic carbocycles. The van der Waals surface area contributed by atoms with Crippen LogP contribution in [0.1, 0.15) is 21.5 Å². The van der Waals surface area contributed by atoms with Crippen LogP contribution in [-0.4, -0.2) is 41.3 Å². The van der Waals surface area contributed by atoms with E-state index in [0.717, 1.165) is 11.1 Å². The van der Waals surface area contributed by atoms with Gasteiger partial charge in [-0.15, -0.1) is 0 Å². The van der Waals surface area contributed by atoms with Crippen molar-refractivity contribution >= 4 is 35.2 Å². The van der Waals surface area contributed by atoms with Gasteiger partial charge >= 0.3 is 0 Å². The second-order valence-corrected chi connectivity index (χ2v) is 7.88. The Morgan fingerprint density at radius 1 is 0.750 bits per heavy atom. The molecule has 0 atom stereocenters. The van der Waals surface area contributed by atoms with Crippen molar-refractivity contribution in [1.82, 2.24) is 0 Å². The van der Waals surface area contributed by atoms with Crippen LogP contribution in [0.5, 0.6) is 28.7 Å². The second kappa shape index (κ2) is 12.6. The molecule has 0 radical (unpaired) electrons. The van der Waals surface area contributed by atoms with Gasteiger partial charge in [-0.2, -0.15) is 0 Å². The van der Waals surface area contributed by atoms with E-state index >= 15 is 0 Å². The normalized spacial score (nSPS) is 10.9. The molecule has 0 saturated heterocycles. The molecule has 0 saturated carbocycles. The lowest BCUT2D eigenvalue weighted by atomic mass is 10.1. The van der Waals surface area contributed by atoms with Crippen LogP contribution in [0.2, 0.25) is 5.02 Å². The third-order valence-corrected chi connectivity index (χ3v) is 5.47. The quantitative estimate of drug-likeness (QED) is 0.183. The average Bonchev–Trinajstić information content (AvgIpc) is 2.90. The average molecular weight is 510 g/mol. The first-order valence-corrected chi connectivity index (χ1v) is 11.3. The van der Waals surface area contributed by atoms with Crippen molar-refractivity contribution in [2.45, 2.75) is 0 Å². The van der Waals surface area contributed by atoms with Gasteiger partial charge in [-0.1, -0.05) is 35.9 Å². The van der Waals surface area contributed by atoms with Gasteiger partial charge in [0.1, 0.15) is 0 Å². The molecule has 0 spiro atoms. The SMILES string of the molecule is COc1cc(/C=C\c2cc(OC)c(OC)c(OC)c2)cc(N/C=C\C(=O)c2cccc(Cl)c2)c1OC. The van der Waals surface area contributed by atoms with Crippen LogP contribution in [0.25, 0.3) is 12.2 Å². The van der Waals surface area contributed by atoms with Crippen molar-refractivity contribution in [3.05, 3.63) is 82.5 Å². The van der Waals surface area contributed by atoms with Crippen molar-refractivity contribution in [2.75, 3.05) is 40.9 Å². The predicted octanol–water partition coefficient (Wildman–Crippen LogP) is 6.36. The van der Waals surface area contributed by atoms with Crippen molar-refractivity contribution in [1.29, 1.82) is 0 Å². The van der Waals surface area contributed by atoms with Crippen molar-refractivity contribution in [2.24, 2.45) is 0 Å². The standard InChI is InChI=1S/C28H28ClNO6/c1-32-24-14-18(9-10-19-15-25(33-2)28(36-5)26(16-19)34-3)13-22(27(24)35-4)30-12-11-23(31)20-7-6-8-21(29)17-20/h6-17,30H,1-5H3/b10-9-,12-11-. The monoisotopic (exact) mass is 509 g/mol. The van der Waals surface area contributed by atoms with Crippen LogP contribution >= 0.6 is 11.6 Å². The zero-order chi connectivity index (χ0) is 26.1. The number of hydrogen-bond donors (Lipinski definition) is 1. The topological polar surface area (TPSA) is 75.3 Å². The number of hydrogen-bond acceptors (Lipinski definition) is 7. The fraction of sp³-hybridized carbons (Fsp3) is 0.179. The van der Waals surface area contributed by atoms with Gasteiger partial charge < -0.3 is 29.0 Å². The van der Waals surface area contributed by atoms with Crippen LogP contribution in [0, 0.1) is 0 Å². The number of carbonyl (C=O) groups is 1. The third-order valence-electron chi connectivity index (χ3n) is 5.24. The highest BCUT2D eigenvalue weighted by molar-refractivity contribution is 6.31. The van der Waals surface area contributed by atoms with Crippen molar-refractivity contribution in [3.8, 4) is 28.7 Å². The summed E-state index contributed by atoms with van der Waals surface area (Å²) in [6.45, 7) is 0. The van der Waals surface area contributed by atoms with Gasteiger partial charge in [0.25, 0.3) is 0 Å². The molecule has 188 valence electrons. The number of ketones is 1. The maximum absolute atomic E-state index is 12.5. The smallest absolute Gasteiger partial charge is 0.203 e. The first-order valence-electron chi connectivity index (χ1n) is 10.9. The predicted molar refractivity (Wildman–Crippen MR) is 143 cm³/mol. The Bertz CT molecular complexity index is 1260. The largest absolute Gasteiger partial charge is 0.493 e. The number of halogens is 1. The molecule has 0 aliphatic rings. The third kappa shape index (κ3) is 6.31. The van der Waals surface area contributed by atoms with E-state index < -0.39 is 0 Å². The second-order valence-electron chi connectivity index (χ2n) is 7.45. The number of anilines is 1. The van der Waals surface area contributed by atoms with Gasteiger partial charge in [0.05, 0.1) is 41.2 Å². The summed E-state index contributed by atoms with van der Waals surface area (Å²) in [6.07, 6.45) is 6.80. The van der Waals surface area contributed by atoms with Gasteiger partial charge in [0.15, 0.2) is 28.8 Å². The van der Waals surface area contributed by atoms with E-state index in [2.05, 4.69) is 5.32 Å². The summed E-state index contributed by atoms with van der Waals surface area (Å²) in [5.41, 5.74) is 2.79. The lowest BCUT2D eigenvalue weighted by molar-refractivity contribution is 0.104. The Morgan fingerprint density at radius 2 is 1.31 bits per heavy atom. The molecule has 0 unspecified atom stereocenters. The van der Waals surface area contributed by atoms with Gasteiger partial charge in [0, 0.05) is 22.9 Å². The summed E-state index contributed by atoms with van der Waals surface area (Å²) in [6, 6.07) is 14.2. The van der Waals surface area contributed by atoms with Gasteiger partial charge in [-0.25, -0.2) is 0 Å². The lowest BCUT2D eigenvalue weighted by Gasteiger charge is -2.14. The maximum atomic E-state index is 12.5. The molecule has 3 aromatic rings. The molecular formula is C28H28ClNO6. The minimum atomic E-state index is -0.186. The fourth-order valence-corrected chi connectivity index (χ4v) is 3.71. The van der Waals surface area contributed by atoms with E-state index in [4.69, 9.17) is 35.3 Å². The minimum absolute atomic E-state index is 0.186. The summed E-state index contributed by atoms with van der Waals surface area (Å²) < 4.78 is 27.3. The Hall–Kier alpha value is -4.10. The van der Waals surface area contributed by atoms with Gasteiger partial charge in [0.2, 0.25) is 5.75 Å². The molecule has 0 amide bonds. The molecule has 36 heavy (non-hydrogen) atoms. The summed E-state index contributed by atoms with van der Waals surface area (Å²) >= 11 is 5.98. The Kier molecular flexibility index (Phi) is 9.25. The van der Waals surface area contributed by atoms with Crippen LogP contribution in [0.3, 0.4) is 0 Å². The number of allylic oxidation sites excluding steroid dienone is 1. The number of nitrogens with one attached hydrogen (secondary N) is 1. The van der Waals surface area contributed by atoms with E-state index in [1.54, 1.807) is 66.0 Å². The molecule has 7 nitrogen and oxygen atoms in total. The minimum Gasteiger partial charge on any atom is -0.493 e. The van der Waals surface area contributed by atoms with E-state index in [1.807, 2.05) is 36.4 Å². The van der Waals surface area contributed by atoms with Gasteiger partial charge in [-0.3, -0.25) is 4.79 Å². The van der Waals surface area contributed by atoms with Crippen LogP contribution in [0.15, 0.2) is 60.8 Å². The Labute approximate surface area is 215 Å². The molecule has 0 bridgehead atoms. The van der Waals surface area contributed by atoms with Crippen molar-refractivity contribution in [3.63, 3.8) is 0 Å². The van der Waals surface area contributed by atoms with Crippen LogP contribution in [-0.2, 0) is 0 Å². The highest BCUT2D eigenvalue weighted by atomic mass is 35.5. The Morgan fingerprint density at radius 3 is 1.83 bits per heavy atom. The van der Waals surface area contributed by atoms with Crippen molar-refractivity contribution < 1.29 is 28.5 Å². The molecule has 0 aliphatic heterocycles. The highest BCUT2D eigenvalue weighted by Gasteiger charge is 2.13. The molecule has 0 aromatic heterocycles. The lowest BCUT2D eigenvalue weighted by Crippen LogP contribution is -1.99. The number of benzene rings is 3. The maximum Gasteiger partial charge on any atom is 0.203 e. The fourth-order valence-electron chi connectivity index (χ4n) is 3.52. The summed E-state index contributed by atoms with van der Waals surface area (Å²) in [5, 5.41) is 3.61. The zero-order valence-corrected chi connectivity index (χ0v) is 21.5. The molecule has 8 heteroatoms. The van der Waals surface area contributed by atoms with E-state index in [0.29, 0.717) is 45.0 Å². The van der Waals surface area contributed by atoms with E-state index in [9.17, 15) is 4.79 Å². The summed E-state index contributed by atoms with van der Waals surface area (Å²) in [5.74, 6) is 2.48. The van der Waals surface area contributed by atoms with Gasteiger partial charge in [-0.05, 0) is 47.5 Å². The molecule has 3 aromatic carbocycles. The Balaban J connectivity index is 1.89. The number of rotatable bonds is 11. The summed E-state index contributed by atoms with van der Waals surface area (Å²) in [4.78, 5) is 12.5. The first-order chi connectivity index (χ1) is 17.4. The van der Waals surface area contributed by atoms with E-state index in [1.165, 1.54) is 6.08 Å². The van der Waals surface area contributed by atoms with Crippen LogP contribution < -0.4 is 29.0 Å². The summed E-state index contributed by atoms with van der Waals surface area (Å²) in [7, 11) is 7.82. The van der Waals surface area contributed by atoms with E-state index in [-0.39, 0.29) is 5.78 Å². The molecule has 1 N–H and O–H groups in total. The highest BCUT2D eigenvalue weighted by Crippen LogP contribution is 2.40. The molecule has 0 heterocycles. The number of methoxy groups -OCH3 is 5. The van der Waals surface area contributed by atoms with Crippen LogP contribution in [0.4, 0.5) is 5.69 Å². The zero-order valence-electron chi connectivity index (χ0n) is 20.8. The molecule has 0 fully saturated rings.